The van der Waals surface area contributed by atoms with Gasteiger partial charge in [-0.2, -0.15) is 0 Å². The average molecular weight is 345 g/mol. The van der Waals surface area contributed by atoms with E-state index in [-0.39, 0.29) is 0 Å². The third-order valence-electron chi connectivity index (χ3n) is 4.24. The molecule has 0 spiro atoms. The van der Waals surface area contributed by atoms with Crippen LogP contribution in [0.1, 0.15) is 55.6 Å². The van der Waals surface area contributed by atoms with Crippen molar-refractivity contribution in [2.75, 3.05) is 12.8 Å². The molecule has 124 valence electrons. The van der Waals surface area contributed by atoms with Crippen molar-refractivity contribution in [2.24, 2.45) is 0 Å². The lowest BCUT2D eigenvalue weighted by Gasteiger charge is -2.19. The fraction of sp³-hybridized carbons (Fsp3) is 0.733. The minimum atomic E-state index is -3.33. The fourth-order valence-electron chi connectivity index (χ4n) is 2.66. The van der Waals surface area contributed by atoms with E-state index in [1.807, 2.05) is 0 Å². The molecule has 1 aliphatic rings. The van der Waals surface area contributed by atoms with Gasteiger partial charge in [-0.15, -0.1) is 11.3 Å². The second-order valence-corrected chi connectivity index (χ2v) is 9.32. The minimum Gasteiger partial charge on any atom is -0.355 e. The summed E-state index contributed by atoms with van der Waals surface area (Å²) in [7, 11) is -3.33. The first-order chi connectivity index (χ1) is 10.4. The van der Waals surface area contributed by atoms with Crippen LogP contribution in [0, 0.1) is 0 Å². The maximum Gasteiger partial charge on any atom is 0.238 e. The molecule has 1 heterocycles. The number of sulfone groups is 1. The molecule has 5 nitrogen and oxygen atoms in total. The van der Waals surface area contributed by atoms with Gasteiger partial charge in [0.2, 0.25) is 5.91 Å². The molecular formula is C15H24N2O3S2. The maximum absolute atomic E-state index is 11.7. The summed E-state index contributed by atoms with van der Waals surface area (Å²) in [4.78, 5) is 16.4. The second-order valence-electron chi connectivity index (χ2n) is 6.01. The highest BCUT2D eigenvalue weighted by Gasteiger charge is 2.23. The van der Waals surface area contributed by atoms with E-state index in [0.717, 1.165) is 11.3 Å². The molecule has 22 heavy (non-hydrogen) atoms. The van der Waals surface area contributed by atoms with Crippen molar-refractivity contribution >= 4 is 27.1 Å². The summed E-state index contributed by atoms with van der Waals surface area (Å²) < 4.78 is 22.6. The van der Waals surface area contributed by atoms with E-state index >= 15 is 0 Å². The Morgan fingerprint density at radius 2 is 2.09 bits per heavy atom. The molecule has 1 aliphatic carbocycles. The Hall–Kier alpha value is -0.950. The number of carbonyl (C=O) groups excluding carboxylic acids is 1. The predicted octanol–water partition coefficient (Wildman–Crippen LogP) is 2.28. The van der Waals surface area contributed by atoms with Crippen molar-refractivity contribution in [3.63, 3.8) is 0 Å². The van der Waals surface area contributed by atoms with E-state index in [2.05, 4.69) is 15.7 Å². The normalized spacial score (nSPS) is 18.1. The van der Waals surface area contributed by atoms with Gasteiger partial charge in [-0.1, -0.05) is 19.3 Å². The van der Waals surface area contributed by atoms with Crippen LogP contribution in [0.5, 0.6) is 0 Å². The molecular weight excluding hydrogens is 320 g/mol. The van der Waals surface area contributed by atoms with Gasteiger partial charge in [0.15, 0.2) is 9.84 Å². The van der Waals surface area contributed by atoms with Crippen LogP contribution >= 0.6 is 11.3 Å². The quantitative estimate of drug-likeness (QED) is 0.859. The first-order valence-corrected chi connectivity index (χ1v) is 10.6. The Kier molecular flexibility index (Phi) is 5.97. The van der Waals surface area contributed by atoms with Crippen LogP contribution in [-0.2, 0) is 21.1 Å². The van der Waals surface area contributed by atoms with Crippen LogP contribution in [0.25, 0.3) is 0 Å². The van der Waals surface area contributed by atoms with Crippen LogP contribution in [0.3, 0.4) is 0 Å². The number of hydrogen-bond acceptors (Lipinski definition) is 5. The number of nitrogens with one attached hydrogen (secondary N) is 1. The zero-order valence-electron chi connectivity index (χ0n) is 13.2. The number of amides is 1. The molecule has 7 heteroatoms. The SMILES string of the molecule is C[C@@H](C(=O)NCCc1nc(C2CCCCC2)cs1)S(C)(=O)=O. The maximum atomic E-state index is 11.7. The number of thiazole rings is 1. The third kappa shape index (κ3) is 4.78. The molecule has 1 atom stereocenters. The van der Waals surface area contributed by atoms with Crippen LogP contribution in [0.15, 0.2) is 5.38 Å². The Balaban J connectivity index is 1.80. The van der Waals surface area contributed by atoms with E-state index in [0.29, 0.717) is 18.9 Å². The summed E-state index contributed by atoms with van der Waals surface area (Å²) in [6, 6.07) is 0. The molecule has 1 fully saturated rings. The lowest BCUT2D eigenvalue weighted by molar-refractivity contribution is -0.120. The van der Waals surface area contributed by atoms with Crippen molar-refractivity contribution in [2.45, 2.75) is 56.6 Å². The highest BCUT2D eigenvalue weighted by molar-refractivity contribution is 7.92. The molecule has 1 saturated carbocycles. The molecule has 2 rings (SSSR count). The van der Waals surface area contributed by atoms with Gasteiger partial charge in [-0.3, -0.25) is 4.79 Å². The van der Waals surface area contributed by atoms with E-state index in [1.54, 1.807) is 11.3 Å². The molecule has 0 aromatic carbocycles. The lowest BCUT2D eigenvalue weighted by atomic mass is 9.87. The Morgan fingerprint density at radius 3 is 2.73 bits per heavy atom. The first-order valence-electron chi connectivity index (χ1n) is 7.79. The van der Waals surface area contributed by atoms with Gasteiger partial charge in [0, 0.05) is 30.5 Å². The molecule has 1 aromatic heterocycles. The second kappa shape index (κ2) is 7.55. The molecule has 1 amide bonds. The Bertz CT molecular complexity index is 604. The number of nitrogens with zero attached hydrogens (tertiary/aromatic N) is 1. The number of carbonyl (C=O) groups is 1. The van der Waals surface area contributed by atoms with Gasteiger partial charge in [-0.05, 0) is 19.8 Å². The zero-order valence-corrected chi connectivity index (χ0v) is 14.8. The summed E-state index contributed by atoms with van der Waals surface area (Å²) in [5.41, 5.74) is 1.19. The summed E-state index contributed by atoms with van der Waals surface area (Å²) >= 11 is 1.63. The van der Waals surface area contributed by atoms with E-state index in [4.69, 9.17) is 0 Å². The minimum absolute atomic E-state index is 0.427. The standard InChI is InChI=1S/C15H24N2O3S2/c1-11(22(2,19)20)15(18)16-9-8-14-17-13(10-21-14)12-6-4-3-5-7-12/h10-12H,3-9H2,1-2H3,(H,16,18)/t11-/m0/s1. The van der Waals surface area contributed by atoms with Crippen molar-refractivity contribution in [3.05, 3.63) is 16.1 Å². The molecule has 0 bridgehead atoms. The van der Waals surface area contributed by atoms with Crippen molar-refractivity contribution in [1.82, 2.24) is 10.3 Å². The molecule has 0 radical (unpaired) electrons. The topological polar surface area (TPSA) is 76.1 Å². The lowest BCUT2D eigenvalue weighted by Crippen LogP contribution is -2.38. The van der Waals surface area contributed by atoms with E-state index < -0.39 is 21.0 Å². The van der Waals surface area contributed by atoms with E-state index in [1.165, 1.54) is 44.7 Å². The summed E-state index contributed by atoms with van der Waals surface area (Å²) in [6.45, 7) is 1.84. The predicted molar refractivity (Wildman–Crippen MR) is 89.0 cm³/mol. The van der Waals surface area contributed by atoms with Crippen molar-refractivity contribution in [3.8, 4) is 0 Å². The van der Waals surface area contributed by atoms with Gasteiger partial charge < -0.3 is 5.32 Å². The highest BCUT2D eigenvalue weighted by Crippen LogP contribution is 2.33. The van der Waals surface area contributed by atoms with Gasteiger partial charge in [0.1, 0.15) is 5.25 Å². The summed E-state index contributed by atoms with van der Waals surface area (Å²) in [6.07, 6.45) is 8.09. The smallest absolute Gasteiger partial charge is 0.238 e. The summed E-state index contributed by atoms with van der Waals surface area (Å²) in [5.74, 6) is 0.158. The molecule has 0 aliphatic heterocycles. The van der Waals surface area contributed by atoms with Crippen LogP contribution in [-0.4, -0.2) is 37.4 Å². The first kappa shape index (κ1) is 17.4. The number of hydrogen-bond donors (Lipinski definition) is 1. The molecule has 0 saturated heterocycles. The van der Waals surface area contributed by atoms with Crippen LogP contribution < -0.4 is 5.32 Å². The van der Waals surface area contributed by atoms with Gasteiger partial charge >= 0.3 is 0 Å². The molecule has 0 unspecified atom stereocenters. The third-order valence-corrected chi connectivity index (χ3v) is 6.67. The monoisotopic (exact) mass is 344 g/mol. The van der Waals surface area contributed by atoms with Gasteiger partial charge in [0.05, 0.1) is 10.7 Å². The van der Waals surface area contributed by atoms with Crippen molar-refractivity contribution < 1.29 is 13.2 Å². The number of rotatable bonds is 6. The zero-order chi connectivity index (χ0) is 16.2. The van der Waals surface area contributed by atoms with Gasteiger partial charge in [-0.25, -0.2) is 13.4 Å². The summed E-state index contributed by atoms with van der Waals surface area (Å²) in [5, 5.41) is 4.81. The van der Waals surface area contributed by atoms with Gasteiger partial charge in [0.25, 0.3) is 0 Å². The molecule has 1 N–H and O–H groups in total. The number of aromatic nitrogens is 1. The highest BCUT2D eigenvalue weighted by atomic mass is 32.2. The fourth-order valence-corrected chi connectivity index (χ4v) is 4.01. The Morgan fingerprint density at radius 1 is 1.41 bits per heavy atom. The largest absolute Gasteiger partial charge is 0.355 e. The molecule has 1 aromatic rings. The Labute approximate surface area is 136 Å². The van der Waals surface area contributed by atoms with Crippen LogP contribution in [0.4, 0.5) is 0 Å². The van der Waals surface area contributed by atoms with E-state index in [9.17, 15) is 13.2 Å². The average Bonchev–Trinajstić information content (AvgIpc) is 2.95. The van der Waals surface area contributed by atoms with Crippen LogP contribution in [0.2, 0.25) is 0 Å². The van der Waals surface area contributed by atoms with Crippen molar-refractivity contribution in [1.29, 1.82) is 0 Å².